The van der Waals surface area contributed by atoms with Crippen molar-refractivity contribution in [2.24, 2.45) is 5.92 Å². The topological polar surface area (TPSA) is 20.3 Å². The molecule has 1 aromatic carbocycles. The van der Waals surface area contributed by atoms with Crippen LogP contribution in [-0.4, -0.2) is 17.9 Å². The van der Waals surface area contributed by atoms with Crippen molar-refractivity contribution in [1.29, 1.82) is 0 Å². The minimum atomic E-state index is 0.229. The smallest absolute Gasteiger partial charge is 0.227 e. The fourth-order valence-electron chi connectivity index (χ4n) is 2.44. The Morgan fingerprint density at radius 2 is 2.00 bits per heavy atom. The SMILES string of the molecule is CC(C)C1c2ccccc2CC(=O)N1C. The van der Waals surface area contributed by atoms with Gasteiger partial charge in [-0.05, 0) is 17.0 Å². The first kappa shape index (κ1) is 10.2. The molecule has 1 aromatic rings. The second-order valence-corrected chi connectivity index (χ2v) is 4.57. The Hall–Kier alpha value is -1.31. The summed E-state index contributed by atoms with van der Waals surface area (Å²) in [4.78, 5) is 13.7. The second-order valence-electron chi connectivity index (χ2n) is 4.57. The van der Waals surface area contributed by atoms with E-state index in [-0.39, 0.29) is 11.9 Å². The summed E-state index contributed by atoms with van der Waals surface area (Å²) in [6.45, 7) is 4.33. The van der Waals surface area contributed by atoms with Gasteiger partial charge in [0.25, 0.3) is 0 Å². The molecular weight excluding hydrogens is 186 g/mol. The molecule has 0 saturated carbocycles. The Labute approximate surface area is 90.9 Å². The number of nitrogens with zero attached hydrogens (tertiary/aromatic N) is 1. The first-order valence-corrected chi connectivity index (χ1v) is 5.44. The van der Waals surface area contributed by atoms with Gasteiger partial charge in [-0.1, -0.05) is 38.1 Å². The lowest BCUT2D eigenvalue weighted by Gasteiger charge is -2.37. The Morgan fingerprint density at radius 1 is 1.33 bits per heavy atom. The van der Waals surface area contributed by atoms with Crippen LogP contribution in [0.3, 0.4) is 0 Å². The average molecular weight is 203 g/mol. The van der Waals surface area contributed by atoms with Crippen LogP contribution < -0.4 is 0 Å². The predicted molar refractivity (Wildman–Crippen MR) is 60.5 cm³/mol. The molecular formula is C13H17NO. The minimum Gasteiger partial charge on any atom is -0.338 e. The minimum absolute atomic E-state index is 0.229. The van der Waals surface area contributed by atoms with Crippen molar-refractivity contribution < 1.29 is 4.79 Å². The molecule has 1 heterocycles. The van der Waals surface area contributed by atoms with E-state index >= 15 is 0 Å². The molecule has 0 fully saturated rings. The number of likely N-dealkylation sites (N-methyl/N-ethyl adjacent to an activating group) is 1. The summed E-state index contributed by atoms with van der Waals surface area (Å²) < 4.78 is 0. The Kier molecular flexibility index (Phi) is 2.51. The second kappa shape index (κ2) is 3.69. The van der Waals surface area contributed by atoms with E-state index in [0.29, 0.717) is 12.3 Å². The summed E-state index contributed by atoms with van der Waals surface area (Å²) >= 11 is 0. The molecule has 2 rings (SSSR count). The molecule has 0 spiro atoms. The molecule has 1 aliphatic heterocycles. The number of rotatable bonds is 1. The maximum absolute atomic E-state index is 11.8. The third kappa shape index (κ3) is 1.65. The molecule has 1 amide bonds. The van der Waals surface area contributed by atoms with Gasteiger partial charge in [0.2, 0.25) is 5.91 Å². The molecule has 0 saturated heterocycles. The summed E-state index contributed by atoms with van der Waals surface area (Å²) in [6, 6.07) is 8.51. The van der Waals surface area contributed by atoms with Crippen molar-refractivity contribution in [1.82, 2.24) is 4.90 Å². The van der Waals surface area contributed by atoms with Crippen molar-refractivity contribution in [3.05, 3.63) is 35.4 Å². The summed E-state index contributed by atoms with van der Waals surface area (Å²) in [6.07, 6.45) is 0.551. The van der Waals surface area contributed by atoms with Gasteiger partial charge in [0, 0.05) is 7.05 Å². The van der Waals surface area contributed by atoms with Gasteiger partial charge in [0.1, 0.15) is 0 Å². The van der Waals surface area contributed by atoms with Gasteiger partial charge in [-0.25, -0.2) is 0 Å². The number of amides is 1. The molecule has 0 bridgehead atoms. The van der Waals surface area contributed by atoms with Crippen LogP contribution in [-0.2, 0) is 11.2 Å². The van der Waals surface area contributed by atoms with Crippen LogP contribution in [0.4, 0.5) is 0 Å². The highest BCUT2D eigenvalue weighted by Gasteiger charge is 2.31. The third-order valence-corrected chi connectivity index (χ3v) is 3.16. The van der Waals surface area contributed by atoms with Crippen molar-refractivity contribution in [2.45, 2.75) is 26.3 Å². The average Bonchev–Trinajstić information content (AvgIpc) is 2.19. The van der Waals surface area contributed by atoms with E-state index in [9.17, 15) is 4.79 Å². The van der Waals surface area contributed by atoms with E-state index in [1.165, 1.54) is 11.1 Å². The number of carbonyl (C=O) groups is 1. The lowest BCUT2D eigenvalue weighted by molar-refractivity contribution is -0.133. The van der Waals surface area contributed by atoms with Gasteiger partial charge in [-0.15, -0.1) is 0 Å². The fourth-order valence-corrected chi connectivity index (χ4v) is 2.44. The third-order valence-electron chi connectivity index (χ3n) is 3.16. The Bertz CT molecular complexity index is 384. The van der Waals surface area contributed by atoms with Gasteiger partial charge in [0.05, 0.1) is 12.5 Å². The standard InChI is InChI=1S/C13H17NO/c1-9(2)13-11-7-5-4-6-10(11)8-12(15)14(13)3/h4-7,9,13H,8H2,1-3H3. The van der Waals surface area contributed by atoms with Gasteiger partial charge in [-0.2, -0.15) is 0 Å². The quantitative estimate of drug-likeness (QED) is 0.686. The summed E-state index contributed by atoms with van der Waals surface area (Å²) in [5, 5.41) is 0. The van der Waals surface area contributed by atoms with Crippen LogP contribution in [0.2, 0.25) is 0 Å². The molecule has 0 aromatic heterocycles. The van der Waals surface area contributed by atoms with Gasteiger partial charge < -0.3 is 4.90 Å². The van der Waals surface area contributed by atoms with E-state index in [0.717, 1.165) is 0 Å². The maximum atomic E-state index is 11.8. The van der Waals surface area contributed by atoms with Crippen LogP contribution >= 0.6 is 0 Å². The molecule has 2 nitrogen and oxygen atoms in total. The van der Waals surface area contributed by atoms with Crippen molar-refractivity contribution in [3.63, 3.8) is 0 Å². The van der Waals surface area contributed by atoms with Crippen LogP contribution in [0.15, 0.2) is 24.3 Å². The molecule has 1 aliphatic rings. The molecule has 1 unspecified atom stereocenters. The lowest BCUT2D eigenvalue weighted by atomic mass is 9.86. The first-order chi connectivity index (χ1) is 7.11. The summed E-state index contributed by atoms with van der Waals surface area (Å²) in [7, 11) is 1.91. The first-order valence-electron chi connectivity index (χ1n) is 5.44. The van der Waals surface area contributed by atoms with Crippen LogP contribution in [0, 0.1) is 5.92 Å². The number of hydrogen-bond donors (Lipinski definition) is 0. The zero-order chi connectivity index (χ0) is 11.0. The van der Waals surface area contributed by atoms with Crippen LogP contribution in [0.5, 0.6) is 0 Å². The monoisotopic (exact) mass is 203 g/mol. The molecule has 0 aliphatic carbocycles. The van der Waals surface area contributed by atoms with Crippen LogP contribution in [0.25, 0.3) is 0 Å². The van der Waals surface area contributed by atoms with E-state index in [1.807, 2.05) is 18.0 Å². The molecule has 2 heteroatoms. The highest BCUT2D eigenvalue weighted by Crippen LogP contribution is 2.34. The summed E-state index contributed by atoms with van der Waals surface area (Å²) in [5.41, 5.74) is 2.51. The van der Waals surface area contributed by atoms with Gasteiger partial charge in [0.15, 0.2) is 0 Å². The van der Waals surface area contributed by atoms with E-state index in [1.54, 1.807) is 0 Å². The Balaban J connectivity index is 2.49. The number of fused-ring (bicyclic) bond motifs is 1. The lowest BCUT2D eigenvalue weighted by Crippen LogP contribution is -2.39. The number of benzene rings is 1. The van der Waals surface area contributed by atoms with Crippen molar-refractivity contribution in [2.75, 3.05) is 7.05 Å². The molecule has 0 radical (unpaired) electrons. The number of carbonyl (C=O) groups excluding carboxylic acids is 1. The predicted octanol–water partition coefficient (Wildman–Crippen LogP) is 2.40. The van der Waals surface area contributed by atoms with Crippen molar-refractivity contribution in [3.8, 4) is 0 Å². The largest absolute Gasteiger partial charge is 0.338 e. The molecule has 0 N–H and O–H groups in total. The Morgan fingerprint density at radius 3 is 2.67 bits per heavy atom. The van der Waals surface area contributed by atoms with Gasteiger partial charge in [-0.3, -0.25) is 4.79 Å². The zero-order valence-electron chi connectivity index (χ0n) is 9.53. The normalized spacial score (nSPS) is 20.7. The molecule has 80 valence electrons. The van der Waals surface area contributed by atoms with E-state index in [4.69, 9.17) is 0 Å². The number of hydrogen-bond acceptors (Lipinski definition) is 1. The highest BCUT2D eigenvalue weighted by molar-refractivity contribution is 5.81. The highest BCUT2D eigenvalue weighted by atomic mass is 16.2. The van der Waals surface area contributed by atoms with Crippen LogP contribution in [0.1, 0.15) is 31.0 Å². The summed E-state index contributed by atoms with van der Waals surface area (Å²) in [5.74, 6) is 0.688. The van der Waals surface area contributed by atoms with Crippen molar-refractivity contribution >= 4 is 5.91 Å². The van der Waals surface area contributed by atoms with E-state index < -0.39 is 0 Å². The maximum Gasteiger partial charge on any atom is 0.227 e. The molecule has 15 heavy (non-hydrogen) atoms. The van der Waals surface area contributed by atoms with Gasteiger partial charge >= 0.3 is 0 Å². The molecule has 1 atom stereocenters. The van der Waals surface area contributed by atoms with E-state index in [2.05, 4.69) is 32.0 Å². The fraction of sp³-hybridized carbons (Fsp3) is 0.462. The zero-order valence-corrected chi connectivity index (χ0v) is 9.53.